The minimum atomic E-state index is 0.570. The van der Waals surface area contributed by atoms with Gasteiger partial charge in [0.15, 0.2) is 0 Å². The third kappa shape index (κ3) is 3.68. The van der Waals surface area contributed by atoms with Crippen LogP contribution >= 0.6 is 23.4 Å². The quantitative estimate of drug-likeness (QED) is 0.817. The molecule has 3 unspecified atom stereocenters. The molecule has 2 saturated heterocycles. The molecule has 0 aliphatic carbocycles. The van der Waals surface area contributed by atoms with Crippen molar-refractivity contribution in [2.24, 2.45) is 5.92 Å². The first kappa shape index (κ1) is 16.9. The number of thioether (sulfide) groups is 1. The van der Waals surface area contributed by atoms with E-state index in [0.717, 1.165) is 44.4 Å². The zero-order valence-corrected chi connectivity index (χ0v) is 15.7. The lowest BCUT2D eigenvalue weighted by Crippen LogP contribution is -2.43. The van der Waals surface area contributed by atoms with Crippen molar-refractivity contribution in [3.8, 4) is 0 Å². The molecule has 5 heteroatoms. The number of fused-ring (bicyclic) bond motifs is 1. The van der Waals surface area contributed by atoms with Crippen molar-refractivity contribution in [2.75, 3.05) is 53.0 Å². The summed E-state index contributed by atoms with van der Waals surface area (Å²) < 4.78 is 5.47. The van der Waals surface area contributed by atoms with E-state index in [1.807, 2.05) is 12.1 Å². The van der Waals surface area contributed by atoms with E-state index in [0.29, 0.717) is 17.1 Å². The minimum absolute atomic E-state index is 0.570. The molecule has 3 aliphatic rings. The Kier molecular flexibility index (Phi) is 5.21. The number of allylic oxidation sites excluding steroid dienone is 1. The number of morpholine rings is 1. The van der Waals surface area contributed by atoms with E-state index in [2.05, 4.69) is 46.8 Å². The lowest BCUT2D eigenvalue weighted by molar-refractivity contribution is 0.0430. The van der Waals surface area contributed by atoms with Gasteiger partial charge >= 0.3 is 0 Å². The molecule has 3 atom stereocenters. The van der Waals surface area contributed by atoms with Crippen molar-refractivity contribution >= 4 is 23.4 Å². The predicted molar refractivity (Wildman–Crippen MR) is 102 cm³/mol. The number of likely N-dealkylation sites (N-methyl/N-ethyl adjacent to an activating group) is 1. The number of nitrogens with zero attached hydrogens (tertiary/aromatic N) is 2. The Morgan fingerprint density at radius 1 is 1.17 bits per heavy atom. The summed E-state index contributed by atoms with van der Waals surface area (Å²) in [6.07, 6.45) is 2.57. The van der Waals surface area contributed by atoms with Crippen LogP contribution in [-0.2, 0) is 4.74 Å². The third-order valence-electron chi connectivity index (χ3n) is 5.36. The molecule has 4 rings (SSSR count). The summed E-state index contributed by atoms with van der Waals surface area (Å²) >= 11 is 8.18. The molecule has 0 aromatic heterocycles. The molecule has 0 N–H and O–H groups in total. The Bertz CT molecular complexity index is 600. The molecule has 1 aromatic carbocycles. The second-order valence-electron chi connectivity index (χ2n) is 7.13. The second-order valence-corrected chi connectivity index (χ2v) is 8.94. The van der Waals surface area contributed by atoms with Gasteiger partial charge in [-0.3, -0.25) is 4.90 Å². The highest BCUT2D eigenvalue weighted by Gasteiger charge is 2.40. The zero-order chi connectivity index (χ0) is 16.5. The number of piperidine rings is 1. The zero-order valence-electron chi connectivity index (χ0n) is 14.2. The van der Waals surface area contributed by atoms with Crippen LogP contribution in [0.5, 0.6) is 0 Å². The van der Waals surface area contributed by atoms with Gasteiger partial charge in [-0.1, -0.05) is 29.8 Å². The predicted octanol–water partition coefficient (Wildman–Crippen LogP) is 3.32. The van der Waals surface area contributed by atoms with Gasteiger partial charge < -0.3 is 9.64 Å². The largest absolute Gasteiger partial charge is 0.379 e. The fourth-order valence-electron chi connectivity index (χ4n) is 4.11. The number of likely N-dealkylation sites (tertiary alicyclic amines) is 1. The SMILES string of the molecule is CN1CC2SC(CN3CCOCC3)=CC2C(c2ccc(Cl)cc2)C1. The van der Waals surface area contributed by atoms with Gasteiger partial charge in [0.2, 0.25) is 0 Å². The minimum Gasteiger partial charge on any atom is -0.379 e. The van der Waals surface area contributed by atoms with Crippen LogP contribution in [0, 0.1) is 5.92 Å². The van der Waals surface area contributed by atoms with E-state index >= 15 is 0 Å². The Hall–Kier alpha value is -0.520. The fourth-order valence-corrected chi connectivity index (χ4v) is 5.88. The molecule has 3 aliphatic heterocycles. The van der Waals surface area contributed by atoms with Crippen molar-refractivity contribution in [2.45, 2.75) is 11.2 Å². The molecule has 0 saturated carbocycles. The van der Waals surface area contributed by atoms with E-state index in [-0.39, 0.29) is 0 Å². The summed E-state index contributed by atoms with van der Waals surface area (Å²) in [5, 5.41) is 1.50. The summed E-state index contributed by atoms with van der Waals surface area (Å²) in [7, 11) is 2.25. The third-order valence-corrected chi connectivity index (χ3v) is 6.94. The Morgan fingerprint density at radius 3 is 2.67 bits per heavy atom. The highest BCUT2D eigenvalue weighted by Crippen LogP contribution is 2.46. The van der Waals surface area contributed by atoms with E-state index in [1.54, 1.807) is 4.91 Å². The molecule has 3 heterocycles. The van der Waals surface area contributed by atoms with Crippen LogP contribution < -0.4 is 0 Å². The second kappa shape index (κ2) is 7.38. The van der Waals surface area contributed by atoms with E-state index in [4.69, 9.17) is 16.3 Å². The van der Waals surface area contributed by atoms with Crippen LogP contribution in [0.4, 0.5) is 0 Å². The highest BCUT2D eigenvalue weighted by molar-refractivity contribution is 8.04. The highest BCUT2D eigenvalue weighted by atomic mass is 35.5. The summed E-state index contributed by atoms with van der Waals surface area (Å²) in [6.45, 7) is 7.29. The van der Waals surface area contributed by atoms with E-state index in [1.165, 1.54) is 12.1 Å². The van der Waals surface area contributed by atoms with Gasteiger partial charge in [0.05, 0.1) is 13.2 Å². The number of benzene rings is 1. The topological polar surface area (TPSA) is 15.7 Å². The fraction of sp³-hybridized carbons (Fsp3) is 0.579. The van der Waals surface area contributed by atoms with Crippen molar-refractivity contribution in [1.29, 1.82) is 0 Å². The Morgan fingerprint density at radius 2 is 1.92 bits per heavy atom. The normalized spacial score (nSPS) is 31.8. The van der Waals surface area contributed by atoms with Gasteiger partial charge in [0.25, 0.3) is 0 Å². The van der Waals surface area contributed by atoms with Crippen LogP contribution in [0.1, 0.15) is 11.5 Å². The number of hydrogen-bond donors (Lipinski definition) is 0. The maximum Gasteiger partial charge on any atom is 0.0594 e. The first-order chi connectivity index (χ1) is 11.7. The molecule has 0 spiro atoms. The number of rotatable bonds is 3. The summed E-state index contributed by atoms with van der Waals surface area (Å²) in [6, 6.07) is 8.48. The first-order valence-electron chi connectivity index (χ1n) is 8.80. The lowest BCUT2D eigenvalue weighted by Gasteiger charge is -2.38. The van der Waals surface area contributed by atoms with Crippen LogP contribution in [0.2, 0.25) is 5.02 Å². The van der Waals surface area contributed by atoms with Crippen LogP contribution in [-0.4, -0.2) is 68.0 Å². The summed E-state index contributed by atoms with van der Waals surface area (Å²) in [5.74, 6) is 1.21. The van der Waals surface area contributed by atoms with Crippen LogP contribution in [0.15, 0.2) is 35.2 Å². The van der Waals surface area contributed by atoms with E-state index in [9.17, 15) is 0 Å². The van der Waals surface area contributed by atoms with Crippen molar-refractivity contribution < 1.29 is 4.74 Å². The number of hydrogen-bond acceptors (Lipinski definition) is 4. The average Bonchev–Trinajstić information content (AvgIpc) is 2.98. The van der Waals surface area contributed by atoms with Gasteiger partial charge in [0, 0.05) is 48.9 Å². The summed E-state index contributed by atoms with van der Waals surface area (Å²) in [5.41, 5.74) is 1.42. The van der Waals surface area contributed by atoms with Gasteiger partial charge in [0.1, 0.15) is 0 Å². The van der Waals surface area contributed by atoms with Gasteiger partial charge in [-0.25, -0.2) is 0 Å². The van der Waals surface area contributed by atoms with Gasteiger partial charge in [-0.05, 0) is 35.6 Å². The maximum atomic E-state index is 6.08. The first-order valence-corrected chi connectivity index (χ1v) is 10.1. The number of ether oxygens (including phenoxy) is 1. The maximum absolute atomic E-state index is 6.08. The van der Waals surface area contributed by atoms with Crippen molar-refractivity contribution in [1.82, 2.24) is 9.80 Å². The molecule has 2 fully saturated rings. The smallest absolute Gasteiger partial charge is 0.0594 e. The van der Waals surface area contributed by atoms with E-state index < -0.39 is 0 Å². The Balaban J connectivity index is 1.51. The molecular weight excluding hydrogens is 340 g/mol. The average molecular weight is 365 g/mol. The van der Waals surface area contributed by atoms with Crippen LogP contribution in [0.3, 0.4) is 0 Å². The molecule has 24 heavy (non-hydrogen) atoms. The molecule has 1 aromatic rings. The standard InChI is InChI=1S/C19H25ClN2OS/c1-21-12-18(14-2-4-15(20)5-3-14)17-10-16(24-19(17)13-21)11-22-6-8-23-9-7-22/h2-5,10,17-19H,6-9,11-13H2,1H3. The summed E-state index contributed by atoms with van der Waals surface area (Å²) in [4.78, 5) is 6.57. The molecule has 0 amide bonds. The van der Waals surface area contributed by atoms with Gasteiger partial charge in [-0.2, -0.15) is 0 Å². The van der Waals surface area contributed by atoms with Crippen molar-refractivity contribution in [3.63, 3.8) is 0 Å². The monoisotopic (exact) mass is 364 g/mol. The molecule has 130 valence electrons. The molecule has 0 bridgehead atoms. The van der Waals surface area contributed by atoms with Gasteiger partial charge in [-0.15, -0.1) is 11.8 Å². The molecule has 0 radical (unpaired) electrons. The van der Waals surface area contributed by atoms with Crippen LogP contribution in [0.25, 0.3) is 0 Å². The molecule has 3 nitrogen and oxygen atoms in total. The molecular formula is C19H25ClN2OS. The Labute approximate surface area is 154 Å². The lowest BCUT2D eigenvalue weighted by atomic mass is 9.80. The van der Waals surface area contributed by atoms with Crippen molar-refractivity contribution in [3.05, 3.63) is 45.8 Å². The number of halogens is 1.